The summed E-state index contributed by atoms with van der Waals surface area (Å²) in [6, 6.07) is 9.56. The van der Waals surface area contributed by atoms with Crippen molar-refractivity contribution in [2.45, 2.75) is 31.8 Å². The van der Waals surface area contributed by atoms with Crippen molar-refractivity contribution in [1.82, 2.24) is 10.3 Å². The van der Waals surface area contributed by atoms with Crippen molar-refractivity contribution in [1.29, 1.82) is 0 Å². The number of hydrogen-bond acceptors (Lipinski definition) is 4. The number of pyridine rings is 1. The van der Waals surface area contributed by atoms with E-state index in [1.165, 1.54) is 0 Å². The molecule has 23 heavy (non-hydrogen) atoms. The first-order valence-electron chi connectivity index (χ1n) is 7.96. The number of carbonyl (C=O) groups excluding carboxylic acids is 1. The van der Waals surface area contributed by atoms with Gasteiger partial charge in [0.05, 0.1) is 16.7 Å². The normalized spacial score (nSPS) is 21.0. The average molecular weight is 330 g/mol. The van der Waals surface area contributed by atoms with Gasteiger partial charge in [0.25, 0.3) is 5.91 Å². The Morgan fingerprint density at radius 3 is 2.91 bits per heavy atom. The third-order valence-corrected chi connectivity index (χ3v) is 5.47. The van der Waals surface area contributed by atoms with Crippen LogP contribution < -0.4 is 5.32 Å². The molecule has 1 amide bonds. The van der Waals surface area contributed by atoms with E-state index in [-0.39, 0.29) is 11.8 Å². The number of nitrogens with one attached hydrogen (secondary N) is 1. The van der Waals surface area contributed by atoms with Gasteiger partial charge in [-0.2, -0.15) is 11.8 Å². The van der Waals surface area contributed by atoms with E-state index < -0.39 is 5.60 Å². The molecule has 0 spiro atoms. The maximum Gasteiger partial charge on any atom is 0.252 e. The first kappa shape index (κ1) is 16.3. The lowest BCUT2D eigenvalue weighted by Gasteiger charge is -2.22. The predicted octanol–water partition coefficient (Wildman–Crippen LogP) is 2.96. The fourth-order valence-corrected chi connectivity index (χ4v) is 4.05. The van der Waals surface area contributed by atoms with Crippen LogP contribution in [0, 0.1) is 0 Å². The highest BCUT2D eigenvalue weighted by molar-refractivity contribution is 7.99. The van der Waals surface area contributed by atoms with Crippen molar-refractivity contribution in [2.24, 2.45) is 0 Å². The summed E-state index contributed by atoms with van der Waals surface area (Å²) < 4.78 is 0. The topological polar surface area (TPSA) is 62.2 Å². The molecule has 122 valence electrons. The van der Waals surface area contributed by atoms with Crippen LogP contribution in [-0.4, -0.2) is 39.6 Å². The quantitative estimate of drug-likeness (QED) is 0.905. The van der Waals surface area contributed by atoms with Crippen molar-refractivity contribution in [3.05, 3.63) is 41.6 Å². The van der Waals surface area contributed by atoms with Crippen LogP contribution in [0.25, 0.3) is 10.9 Å². The second kappa shape index (κ2) is 6.49. The Morgan fingerprint density at radius 2 is 2.22 bits per heavy atom. The lowest BCUT2D eigenvalue weighted by Crippen LogP contribution is -2.43. The Balaban J connectivity index is 1.89. The second-order valence-electron chi connectivity index (χ2n) is 6.48. The number of amides is 1. The number of aliphatic hydroxyl groups is 1. The molecule has 1 aromatic heterocycles. The van der Waals surface area contributed by atoms with Crippen LogP contribution in [0.3, 0.4) is 0 Å². The fraction of sp³-hybridized carbons (Fsp3) is 0.444. The van der Waals surface area contributed by atoms with Crippen LogP contribution in [0.15, 0.2) is 30.3 Å². The smallest absolute Gasteiger partial charge is 0.252 e. The van der Waals surface area contributed by atoms with Crippen LogP contribution in [0.4, 0.5) is 0 Å². The summed E-state index contributed by atoms with van der Waals surface area (Å²) in [6.45, 7) is 4.43. The van der Waals surface area contributed by atoms with Crippen LogP contribution in [0.5, 0.6) is 0 Å². The highest BCUT2D eigenvalue weighted by Crippen LogP contribution is 2.27. The number of carbonyl (C=O) groups is 1. The van der Waals surface area contributed by atoms with E-state index >= 15 is 0 Å². The third kappa shape index (κ3) is 3.51. The lowest BCUT2D eigenvalue weighted by atomic mass is 10.0. The number of rotatable bonds is 4. The Kier molecular flexibility index (Phi) is 4.60. The Morgan fingerprint density at radius 1 is 1.43 bits per heavy atom. The molecule has 1 fully saturated rings. The number of thioether (sulfide) groups is 1. The molecule has 1 aliphatic rings. The molecule has 5 heteroatoms. The summed E-state index contributed by atoms with van der Waals surface area (Å²) in [5.74, 6) is 1.74. The maximum atomic E-state index is 12.7. The van der Waals surface area contributed by atoms with Gasteiger partial charge in [0, 0.05) is 23.4 Å². The van der Waals surface area contributed by atoms with E-state index in [9.17, 15) is 9.90 Å². The van der Waals surface area contributed by atoms with E-state index in [0.717, 1.165) is 28.8 Å². The maximum absolute atomic E-state index is 12.7. The van der Waals surface area contributed by atoms with Crippen LogP contribution in [0.1, 0.15) is 42.2 Å². The highest BCUT2D eigenvalue weighted by Gasteiger charge is 2.32. The minimum Gasteiger partial charge on any atom is -0.387 e. The van der Waals surface area contributed by atoms with Gasteiger partial charge in [0.2, 0.25) is 0 Å². The zero-order valence-electron chi connectivity index (χ0n) is 13.5. The van der Waals surface area contributed by atoms with Crippen molar-refractivity contribution < 1.29 is 9.90 Å². The zero-order chi connectivity index (χ0) is 16.4. The molecule has 2 N–H and O–H groups in total. The van der Waals surface area contributed by atoms with Gasteiger partial charge in [-0.3, -0.25) is 9.78 Å². The summed E-state index contributed by atoms with van der Waals surface area (Å²) in [5, 5.41) is 14.2. The van der Waals surface area contributed by atoms with Gasteiger partial charge in [0.15, 0.2) is 0 Å². The number of fused-ring (bicyclic) bond motifs is 1. The monoisotopic (exact) mass is 330 g/mol. The van der Waals surface area contributed by atoms with E-state index in [0.29, 0.717) is 17.9 Å². The molecule has 2 aromatic rings. The van der Waals surface area contributed by atoms with Crippen LogP contribution in [-0.2, 0) is 0 Å². The number of para-hydroxylation sites is 1. The summed E-state index contributed by atoms with van der Waals surface area (Å²) in [5.41, 5.74) is 1.60. The number of hydrogen-bond donors (Lipinski definition) is 2. The van der Waals surface area contributed by atoms with Crippen LogP contribution >= 0.6 is 11.8 Å². The van der Waals surface area contributed by atoms with Crippen molar-refractivity contribution in [2.75, 3.05) is 18.1 Å². The first-order chi connectivity index (χ1) is 11.0. The molecule has 1 atom stereocenters. The van der Waals surface area contributed by atoms with E-state index in [1.54, 1.807) is 11.8 Å². The number of aromatic nitrogens is 1. The van der Waals surface area contributed by atoms with Crippen molar-refractivity contribution in [3.8, 4) is 0 Å². The van der Waals surface area contributed by atoms with Gasteiger partial charge < -0.3 is 10.4 Å². The van der Waals surface area contributed by atoms with Gasteiger partial charge in [-0.1, -0.05) is 32.0 Å². The molecule has 3 rings (SSSR count). The highest BCUT2D eigenvalue weighted by atomic mass is 32.2. The number of benzene rings is 1. The Labute approximate surface area is 140 Å². The summed E-state index contributed by atoms with van der Waals surface area (Å²) in [4.78, 5) is 17.3. The molecule has 2 heterocycles. The first-order valence-corrected chi connectivity index (χ1v) is 9.12. The molecule has 0 radical (unpaired) electrons. The number of nitrogens with zero attached hydrogens (tertiary/aromatic N) is 1. The Hall–Kier alpha value is -1.59. The largest absolute Gasteiger partial charge is 0.387 e. The molecule has 0 saturated carbocycles. The van der Waals surface area contributed by atoms with Gasteiger partial charge in [0.1, 0.15) is 0 Å². The van der Waals surface area contributed by atoms with E-state index in [1.807, 2.05) is 30.3 Å². The van der Waals surface area contributed by atoms with Gasteiger partial charge in [-0.25, -0.2) is 0 Å². The molecule has 0 bridgehead atoms. The predicted molar refractivity (Wildman–Crippen MR) is 95.1 cm³/mol. The minimum absolute atomic E-state index is 0.143. The van der Waals surface area contributed by atoms with Crippen molar-refractivity contribution >= 4 is 28.6 Å². The lowest BCUT2D eigenvalue weighted by molar-refractivity contribution is 0.0613. The van der Waals surface area contributed by atoms with E-state index in [2.05, 4.69) is 24.1 Å². The molecule has 1 aromatic carbocycles. The zero-order valence-corrected chi connectivity index (χ0v) is 14.3. The van der Waals surface area contributed by atoms with Gasteiger partial charge >= 0.3 is 0 Å². The minimum atomic E-state index is -0.774. The molecular formula is C18H22N2O2S. The fourth-order valence-electron chi connectivity index (χ4n) is 2.76. The molecule has 4 nitrogen and oxygen atoms in total. The molecule has 0 aliphatic carbocycles. The average Bonchev–Trinajstić information content (AvgIpc) is 2.98. The van der Waals surface area contributed by atoms with Crippen LogP contribution in [0.2, 0.25) is 0 Å². The Bertz CT molecular complexity index is 724. The summed E-state index contributed by atoms with van der Waals surface area (Å²) >= 11 is 1.73. The molecular weight excluding hydrogens is 308 g/mol. The third-order valence-electron chi connectivity index (χ3n) is 4.23. The summed E-state index contributed by atoms with van der Waals surface area (Å²) in [7, 11) is 0. The SMILES string of the molecule is CC(C)c1cc(C(=O)NCC2(O)CCSC2)c2ccccc2n1. The van der Waals surface area contributed by atoms with Gasteiger partial charge in [-0.15, -0.1) is 0 Å². The summed E-state index contributed by atoms with van der Waals surface area (Å²) in [6.07, 6.45) is 0.728. The van der Waals surface area contributed by atoms with Crippen molar-refractivity contribution in [3.63, 3.8) is 0 Å². The molecule has 1 saturated heterocycles. The molecule has 1 unspecified atom stereocenters. The second-order valence-corrected chi connectivity index (χ2v) is 7.58. The standard InChI is InChI=1S/C18H22N2O2S/c1-12(2)16-9-14(13-5-3-4-6-15(13)20-16)17(21)19-10-18(22)7-8-23-11-18/h3-6,9,12,22H,7-8,10-11H2,1-2H3,(H,19,21). The van der Waals surface area contributed by atoms with E-state index in [4.69, 9.17) is 0 Å². The molecule has 1 aliphatic heterocycles. The van der Waals surface area contributed by atoms with Gasteiger partial charge in [-0.05, 0) is 30.2 Å².